The van der Waals surface area contributed by atoms with E-state index in [0.29, 0.717) is 0 Å². The third kappa shape index (κ3) is 5.45. The highest BCUT2D eigenvalue weighted by Crippen LogP contribution is 2.39. The molecule has 0 aromatic rings. The van der Waals surface area contributed by atoms with E-state index in [2.05, 4.69) is 13.8 Å². The Kier molecular flexibility index (Phi) is 5.83. The first-order valence-electron chi connectivity index (χ1n) is 5.02. The number of phosphoric ester groups is 2. The maximum atomic E-state index is 10.5. The lowest BCUT2D eigenvalue weighted by atomic mass is 10.00. The van der Waals surface area contributed by atoms with Crippen molar-refractivity contribution in [2.24, 2.45) is 0 Å². The minimum atomic E-state index is -5.32. The topological polar surface area (TPSA) is 206 Å². The first-order valence-corrected chi connectivity index (χ1v) is 8.05. The van der Waals surface area contributed by atoms with Gasteiger partial charge >= 0.3 is 7.82 Å². The third-order valence-electron chi connectivity index (χ3n) is 2.31. The van der Waals surface area contributed by atoms with Crippen molar-refractivity contribution in [3.63, 3.8) is 0 Å². The van der Waals surface area contributed by atoms with E-state index in [9.17, 15) is 29.3 Å². The molecule has 0 aliphatic carbocycles. The molecular formula is C6H13O12P2-. The van der Waals surface area contributed by atoms with Crippen LogP contribution in [-0.4, -0.2) is 67.3 Å². The van der Waals surface area contributed by atoms with Crippen LogP contribution in [0.25, 0.3) is 0 Å². The Labute approximate surface area is 112 Å². The molecule has 1 aliphatic rings. The number of aliphatic hydroxyl groups excluding tert-OH is 3. The maximum absolute atomic E-state index is 10.5. The molecule has 1 saturated heterocycles. The number of phosphoric acid groups is 2. The van der Waals surface area contributed by atoms with Crippen LogP contribution in [0.5, 0.6) is 0 Å². The molecular weight excluding hydrogens is 326 g/mol. The van der Waals surface area contributed by atoms with E-state index in [4.69, 9.17) is 14.7 Å². The predicted molar refractivity (Wildman–Crippen MR) is 55.6 cm³/mol. The van der Waals surface area contributed by atoms with Gasteiger partial charge in [-0.3, -0.25) is 13.6 Å². The van der Waals surface area contributed by atoms with Crippen molar-refractivity contribution >= 4 is 15.6 Å². The Bertz CT molecular complexity index is 412. The fraction of sp³-hybridized carbons (Fsp3) is 1.00. The van der Waals surface area contributed by atoms with Gasteiger partial charge in [0.05, 0.1) is 6.61 Å². The summed E-state index contributed by atoms with van der Waals surface area (Å²) in [5, 5.41) is 28.3. The minimum Gasteiger partial charge on any atom is -0.756 e. The fourth-order valence-electron chi connectivity index (χ4n) is 1.44. The molecule has 12 nitrogen and oxygen atoms in total. The van der Waals surface area contributed by atoms with Crippen molar-refractivity contribution in [1.29, 1.82) is 0 Å². The van der Waals surface area contributed by atoms with Crippen LogP contribution in [0.15, 0.2) is 0 Å². The Morgan fingerprint density at radius 2 is 1.60 bits per heavy atom. The maximum Gasteiger partial charge on any atom is 0.469 e. The van der Waals surface area contributed by atoms with E-state index in [1.165, 1.54) is 0 Å². The molecule has 6 atom stereocenters. The van der Waals surface area contributed by atoms with Crippen molar-refractivity contribution in [2.45, 2.75) is 30.7 Å². The van der Waals surface area contributed by atoms with E-state index in [1.807, 2.05) is 0 Å². The molecule has 1 heterocycles. The van der Waals surface area contributed by atoms with Gasteiger partial charge in [0.25, 0.3) is 7.82 Å². The fourth-order valence-corrected chi connectivity index (χ4v) is 2.22. The van der Waals surface area contributed by atoms with Crippen molar-refractivity contribution in [1.82, 2.24) is 0 Å². The molecule has 0 amide bonds. The van der Waals surface area contributed by atoms with Gasteiger partial charge in [0.15, 0.2) is 6.29 Å². The second-order valence-electron chi connectivity index (χ2n) is 3.88. The lowest BCUT2D eigenvalue weighted by Gasteiger charge is -2.40. The Morgan fingerprint density at radius 1 is 1.05 bits per heavy atom. The summed E-state index contributed by atoms with van der Waals surface area (Å²) in [6.07, 6.45) is -9.50. The minimum absolute atomic E-state index is 0.927. The van der Waals surface area contributed by atoms with E-state index in [-0.39, 0.29) is 0 Å². The molecule has 0 radical (unpaired) electrons. The average Bonchev–Trinajstić information content (AvgIpc) is 2.25. The zero-order valence-electron chi connectivity index (χ0n) is 9.62. The molecule has 1 aliphatic heterocycles. The third-order valence-corrected chi connectivity index (χ3v) is 3.27. The van der Waals surface area contributed by atoms with Crippen LogP contribution in [0.3, 0.4) is 0 Å². The molecule has 14 heteroatoms. The standard InChI is InChI=1S/C6H14O12P2/c7-3-2(1-16-19(10,11)12)17-6(5(9)4(3)8)18-20(13,14)15/h2-9H,1H2,(H2,10,11,12)(H2,13,14,15)/p-1/t2-,3-,4+,5-,6+/m1/s1. The van der Waals surface area contributed by atoms with Gasteiger partial charge < -0.3 is 39.6 Å². The average molecular weight is 339 g/mol. The molecule has 1 fully saturated rings. The Hall–Kier alpha value is 0.0600. The van der Waals surface area contributed by atoms with Crippen molar-refractivity contribution < 1.29 is 57.8 Å². The molecule has 20 heavy (non-hydrogen) atoms. The van der Waals surface area contributed by atoms with E-state index >= 15 is 0 Å². The molecule has 1 rings (SSSR count). The predicted octanol–water partition coefficient (Wildman–Crippen LogP) is -3.62. The summed E-state index contributed by atoms with van der Waals surface area (Å²) >= 11 is 0. The number of rotatable bonds is 5. The van der Waals surface area contributed by atoms with Gasteiger partial charge in [-0.2, -0.15) is 0 Å². The van der Waals surface area contributed by atoms with Gasteiger partial charge in [-0.1, -0.05) is 0 Å². The molecule has 1 unspecified atom stereocenters. The molecule has 0 aromatic heterocycles. The smallest absolute Gasteiger partial charge is 0.469 e. The summed E-state index contributed by atoms with van der Waals surface area (Å²) in [5.74, 6) is 0. The molecule has 0 spiro atoms. The summed E-state index contributed by atoms with van der Waals surface area (Å²) in [5.41, 5.74) is 0. The molecule has 120 valence electrons. The number of hydrogen-bond acceptors (Lipinski definition) is 9. The van der Waals surface area contributed by atoms with Gasteiger partial charge in [-0.15, -0.1) is 0 Å². The largest absolute Gasteiger partial charge is 0.756 e. The van der Waals surface area contributed by atoms with Gasteiger partial charge in [0.1, 0.15) is 24.4 Å². The Morgan fingerprint density at radius 3 is 2.05 bits per heavy atom. The number of hydrogen-bond donors (Lipinski definition) is 6. The molecule has 6 N–H and O–H groups in total. The normalized spacial score (nSPS) is 38.5. The monoisotopic (exact) mass is 339 g/mol. The second kappa shape index (κ2) is 6.44. The second-order valence-corrected chi connectivity index (χ2v) is 6.26. The van der Waals surface area contributed by atoms with Crippen LogP contribution in [0.1, 0.15) is 0 Å². The molecule has 0 aromatic carbocycles. The van der Waals surface area contributed by atoms with Gasteiger partial charge in [-0.05, 0) is 0 Å². The zero-order chi connectivity index (χ0) is 15.7. The van der Waals surface area contributed by atoms with Crippen LogP contribution in [0, 0.1) is 0 Å². The van der Waals surface area contributed by atoms with Crippen molar-refractivity contribution in [3.8, 4) is 0 Å². The SMILES string of the molecule is O=P([O-])(O)O[C@@H]1O[C@H](COP(=O)(O)O)[C@@H](O)[C@H](O)[C@H]1O. The van der Waals surface area contributed by atoms with Crippen LogP contribution < -0.4 is 4.89 Å². The number of ether oxygens (including phenoxy) is 1. The summed E-state index contributed by atoms with van der Waals surface area (Å²) in [4.78, 5) is 36.0. The van der Waals surface area contributed by atoms with Crippen molar-refractivity contribution in [2.75, 3.05) is 6.61 Å². The van der Waals surface area contributed by atoms with Gasteiger partial charge in [0.2, 0.25) is 0 Å². The summed E-state index contributed by atoms with van der Waals surface area (Å²) < 4.78 is 33.7. The van der Waals surface area contributed by atoms with Gasteiger partial charge in [0, 0.05) is 0 Å². The van der Waals surface area contributed by atoms with E-state index < -0.39 is 53.0 Å². The van der Waals surface area contributed by atoms with E-state index in [1.54, 1.807) is 0 Å². The van der Waals surface area contributed by atoms with Crippen LogP contribution >= 0.6 is 15.6 Å². The van der Waals surface area contributed by atoms with Gasteiger partial charge in [-0.25, -0.2) is 4.57 Å². The van der Waals surface area contributed by atoms with Crippen LogP contribution in [-0.2, 0) is 22.9 Å². The summed E-state index contributed by atoms with van der Waals surface area (Å²) in [6, 6.07) is 0. The lowest BCUT2D eigenvalue weighted by Crippen LogP contribution is -2.59. The zero-order valence-corrected chi connectivity index (χ0v) is 11.4. The quantitative estimate of drug-likeness (QED) is 0.268. The highest BCUT2D eigenvalue weighted by atomic mass is 31.2. The highest BCUT2D eigenvalue weighted by molar-refractivity contribution is 7.46. The highest BCUT2D eigenvalue weighted by Gasteiger charge is 2.46. The van der Waals surface area contributed by atoms with Crippen LogP contribution in [0.4, 0.5) is 0 Å². The van der Waals surface area contributed by atoms with E-state index in [0.717, 1.165) is 0 Å². The molecule has 0 saturated carbocycles. The Balaban J connectivity index is 2.76. The number of aliphatic hydroxyl groups is 3. The summed E-state index contributed by atoms with van der Waals surface area (Å²) in [6.45, 7) is -0.927. The first-order chi connectivity index (χ1) is 8.91. The lowest BCUT2D eigenvalue weighted by molar-refractivity contribution is -0.302. The summed E-state index contributed by atoms with van der Waals surface area (Å²) in [7, 11) is -10.2. The molecule has 0 bridgehead atoms. The van der Waals surface area contributed by atoms with Crippen molar-refractivity contribution in [3.05, 3.63) is 0 Å². The van der Waals surface area contributed by atoms with Crippen LogP contribution in [0.2, 0.25) is 0 Å². The first kappa shape index (κ1) is 18.1.